The molecule has 1 N–H and O–H groups in total. The summed E-state index contributed by atoms with van der Waals surface area (Å²) in [5, 5.41) is 3.47. The molecule has 2 unspecified atom stereocenters. The summed E-state index contributed by atoms with van der Waals surface area (Å²) < 4.78 is 16.5. The van der Waals surface area contributed by atoms with Gasteiger partial charge < -0.3 is 9.87 Å². The van der Waals surface area contributed by atoms with E-state index in [-0.39, 0.29) is 10.2 Å². The third kappa shape index (κ3) is 2.97. The monoisotopic (exact) mass is 318 g/mol. The first-order valence-electron chi connectivity index (χ1n) is 8.17. The number of rotatable bonds is 2. The molecule has 120 valence electrons. The van der Waals surface area contributed by atoms with E-state index >= 15 is 0 Å². The molecule has 1 aliphatic carbocycles. The first kappa shape index (κ1) is 16.0. The van der Waals surface area contributed by atoms with Crippen LogP contribution in [0.25, 0.3) is 0 Å². The van der Waals surface area contributed by atoms with Crippen LogP contribution in [-0.4, -0.2) is 28.6 Å². The zero-order valence-corrected chi connectivity index (χ0v) is 14.6. The maximum atomic E-state index is 12.3. The summed E-state index contributed by atoms with van der Waals surface area (Å²) in [7, 11) is 0. The zero-order chi connectivity index (χ0) is 15.8. The Morgan fingerprint density at radius 1 is 1.27 bits per heavy atom. The fourth-order valence-electron chi connectivity index (χ4n) is 3.74. The molecular formula is C18H26N2OS. The minimum Gasteiger partial charge on any atom is -0.591 e. The summed E-state index contributed by atoms with van der Waals surface area (Å²) in [6.45, 7) is 8.07. The highest BCUT2D eigenvalue weighted by Crippen LogP contribution is 2.51. The lowest BCUT2D eigenvalue weighted by Gasteiger charge is -2.38. The molecule has 0 aromatic heterocycles. The molecule has 1 spiro atoms. The summed E-state index contributed by atoms with van der Waals surface area (Å²) >= 11 is -1.18. The van der Waals surface area contributed by atoms with Crippen LogP contribution in [0, 0.1) is 5.41 Å². The fourth-order valence-corrected chi connectivity index (χ4v) is 4.29. The minimum absolute atomic E-state index is 0.264. The molecule has 1 heterocycles. The first-order valence-corrected chi connectivity index (χ1v) is 9.28. The van der Waals surface area contributed by atoms with Crippen LogP contribution in [0.5, 0.6) is 0 Å². The van der Waals surface area contributed by atoms with Crippen molar-refractivity contribution >= 4 is 17.6 Å². The summed E-state index contributed by atoms with van der Waals surface area (Å²) in [5.74, 6) is 0.303. The second-order valence-electron chi connectivity index (χ2n) is 7.58. The van der Waals surface area contributed by atoms with Crippen LogP contribution in [0.2, 0.25) is 0 Å². The molecule has 0 saturated carbocycles. The van der Waals surface area contributed by atoms with E-state index in [0.29, 0.717) is 5.92 Å². The number of hydrogen-bond donors (Lipinski definition) is 1. The zero-order valence-electron chi connectivity index (χ0n) is 13.8. The van der Waals surface area contributed by atoms with Crippen LogP contribution < -0.4 is 5.32 Å². The third-order valence-electron chi connectivity index (χ3n) is 5.02. The van der Waals surface area contributed by atoms with E-state index in [9.17, 15) is 4.55 Å². The van der Waals surface area contributed by atoms with Crippen LogP contribution in [0.15, 0.2) is 28.7 Å². The Labute approximate surface area is 136 Å². The standard InChI is InChI=1S/C18H26N2OS/c1-17(2,3)22(21)20-13-16-15-7-5-4-6-14(15)12-18(16)8-10-19-11-9-18/h4-7,13,16,19H,8-12H2,1-3H3. The number of piperidine rings is 1. The Hall–Kier alpha value is -0.840. The molecule has 1 aliphatic heterocycles. The van der Waals surface area contributed by atoms with Crippen molar-refractivity contribution in [1.82, 2.24) is 5.32 Å². The highest BCUT2D eigenvalue weighted by molar-refractivity contribution is 7.91. The fraction of sp³-hybridized carbons (Fsp3) is 0.611. The normalized spacial score (nSPS) is 25.5. The van der Waals surface area contributed by atoms with Gasteiger partial charge in [0, 0.05) is 5.92 Å². The molecule has 4 heteroatoms. The number of hydrogen-bond acceptors (Lipinski definition) is 3. The second kappa shape index (κ2) is 5.99. The Bertz CT molecular complexity index is 558. The second-order valence-corrected chi connectivity index (χ2v) is 9.52. The van der Waals surface area contributed by atoms with Crippen molar-refractivity contribution in [3.8, 4) is 0 Å². The van der Waals surface area contributed by atoms with E-state index in [1.54, 1.807) is 0 Å². The lowest BCUT2D eigenvalue weighted by atomic mass is 9.70. The molecule has 2 atom stereocenters. The van der Waals surface area contributed by atoms with Crippen molar-refractivity contribution in [3.63, 3.8) is 0 Å². The Morgan fingerprint density at radius 3 is 2.64 bits per heavy atom. The van der Waals surface area contributed by atoms with E-state index in [1.807, 2.05) is 27.0 Å². The van der Waals surface area contributed by atoms with E-state index < -0.39 is 11.4 Å². The topological polar surface area (TPSA) is 47.5 Å². The van der Waals surface area contributed by atoms with Gasteiger partial charge in [-0.3, -0.25) is 0 Å². The van der Waals surface area contributed by atoms with Crippen molar-refractivity contribution in [2.75, 3.05) is 13.1 Å². The minimum atomic E-state index is -1.18. The van der Waals surface area contributed by atoms with Gasteiger partial charge in [0.2, 0.25) is 0 Å². The highest BCUT2D eigenvalue weighted by Gasteiger charge is 2.46. The van der Waals surface area contributed by atoms with Crippen molar-refractivity contribution in [2.45, 2.75) is 50.7 Å². The van der Waals surface area contributed by atoms with Crippen molar-refractivity contribution < 1.29 is 4.55 Å². The lowest BCUT2D eigenvalue weighted by Crippen LogP contribution is -2.40. The van der Waals surface area contributed by atoms with Crippen molar-refractivity contribution in [2.24, 2.45) is 9.81 Å². The van der Waals surface area contributed by atoms with Gasteiger partial charge in [-0.05, 0) is 69.7 Å². The molecule has 3 nitrogen and oxygen atoms in total. The predicted molar refractivity (Wildman–Crippen MR) is 93.8 cm³/mol. The summed E-state index contributed by atoms with van der Waals surface area (Å²) in [4.78, 5) is 0. The maximum absolute atomic E-state index is 12.3. The average molecular weight is 318 g/mol. The van der Waals surface area contributed by atoms with Gasteiger partial charge in [0.15, 0.2) is 0 Å². The highest BCUT2D eigenvalue weighted by atomic mass is 32.2. The lowest BCUT2D eigenvalue weighted by molar-refractivity contribution is 0.204. The number of nitrogens with one attached hydrogen (secondary N) is 1. The van der Waals surface area contributed by atoms with Gasteiger partial charge >= 0.3 is 0 Å². The van der Waals surface area contributed by atoms with Crippen LogP contribution in [0.4, 0.5) is 0 Å². The Morgan fingerprint density at radius 2 is 1.95 bits per heavy atom. The van der Waals surface area contributed by atoms with Gasteiger partial charge in [-0.25, -0.2) is 0 Å². The third-order valence-corrected chi connectivity index (χ3v) is 6.38. The smallest absolute Gasteiger partial charge is 0.144 e. The Kier molecular flexibility index (Phi) is 4.36. The van der Waals surface area contributed by atoms with E-state index in [4.69, 9.17) is 0 Å². The molecule has 1 fully saturated rings. The first-order chi connectivity index (χ1) is 10.4. The molecular weight excluding hydrogens is 292 g/mol. The molecule has 0 radical (unpaired) electrons. The van der Waals surface area contributed by atoms with Gasteiger partial charge in [-0.1, -0.05) is 28.7 Å². The maximum Gasteiger partial charge on any atom is 0.144 e. The SMILES string of the molecule is CC(C)(C)[S+]([O-])N=CC1c2ccccc2CC12CCNCC2. The number of fused-ring (bicyclic) bond motifs is 1. The van der Waals surface area contributed by atoms with Crippen LogP contribution in [0.3, 0.4) is 0 Å². The van der Waals surface area contributed by atoms with Gasteiger partial charge in [0.25, 0.3) is 0 Å². The number of nitrogens with zero attached hydrogens (tertiary/aromatic N) is 1. The quantitative estimate of drug-likeness (QED) is 0.672. The number of benzene rings is 1. The molecule has 1 aromatic rings. The average Bonchev–Trinajstić information content (AvgIpc) is 2.77. The predicted octanol–water partition coefficient (Wildman–Crippen LogP) is 3.23. The molecule has 2 aliphatic rings. The van der Waals surface area contributed by atoms with E-state index in [2.05, 4.69) is 34.0 Å². The Balaban J connectivity index is 1.92. The van der Waals surface area contributed by atoms with Crippen LogP contribution >= 0.6 is 0 Å². The summed E-state index contributed by atoms with van der Waals surface area (Å²) in [5.41, 5.74) is 3.10. The van der Waals surface area contributed by atoms with E-state index in [1.165, 1.54) is 24.0 Å². The van der Waals surface area contributed by atoms with Gasteiger partial charge in [-0.15, -0.1) is 0 Å². The largest absolute Gasteiger partial charge is 0.591 e. The van der Waals surface area contributed by atoms with E-state index in [0.717, 1.165) is 19.5 Å². The van der Waals surface area contributed by atoms with Crippen LogP contribution in [0.1, 0.15) is 50.7 Å². The summed E-state index contributed by atoms with van der Waals surface area (Å²) in [6, 6.07) is 8.71. The molecule has 1 saturated heterocycles. The molecule has 22 heavy (non-hydrogen) atoms. The van der Waals surface area contributed by atoms with Crippen molar-refractivity contribution in [3.05, 3.63) is 35.4 Å². The van der Waals surface area contributed by atoms with Gasteiger partial charge in [0.05, 0.1) is 6.21 Å². The molecule has 0 bridgehead atoms. The van der Waals surface area contributed by atoms with Gasteiger partial charge in [0.1, 0.15) is 16.1 Å². The van der Waals surface area contributed by atoms with Gasteiger partial charge in [-0.2, -0.15) is 0 Å². The summed E-state index contributed by atoms with van der Waals surface area (Å²) in [6.07, 6.45) is 5.46. The molecule has 0 amide bonds. The molecule has 1 aromatic carbocycles. The van der Waals surface area contributed by atoms with Crippen molar-refractivity contribution in [1.29, 1.82) is 0 Å². The van der Waals surface area contributed by atoms with Crippen LogP contribution in [-0.2, 0) is 17.8 Å². The molecule has 3 rings (SSSR count).